The molecule has 0 saturated heterocycles. The summed E-state index contributed by atoms with van der Waals surface area (Å²) in [5.41, 5.74) is 0.586. The van der Waals surface area contributed by atoms with Gasteiger partial charge >= 0.3 is 0 Å². The van der Waals surface area contributed by atoms with Gasteiger partial charge in [-0.25, -0.2) is 0 Å². The number of Topliss-reactive ketones (excluding diaryl/α,β-unsaturated/α-hetero) is 1. The van der Waals surface area contributed by atoms with Gasteiger partial charge in [-0.3, -0.25) is 14.9 Å². The maximum Gasteiger partial charge on any atom is 0.269 e. The van der Waals surface area contributed by atoms with E-state index in [-0.39, 0.29) is 16.9 Å². The molecule has 5 heteroatoms. The first-order chi connectivity index (χ1) is 9.30. The van der Waals surface area contributed by atoms with E-state index < -0.39 is 16.9 Å². The van der Waals surface area contributed by atoms with Crippen molar-refractivity contribution in [3.05, 3.63) is 39.9 Å². The molecule has 1 aromatic rings. The molecule has 1 aliphatic rings. The molecule has 0 aliphatic heterocycles. The van der Waals surface area contributed by atoms with Gasteiger partial charge in [0.2, 0.25) is 0 Å². The lowest BCUT2D eigenvalue weighted by Gasteiger charge is -2.36. The number of rotatable bonds is 3. The molecule has 1 N–H and O–H groups in total. The number of hydrogen-bond donors (Lipinski definition) is 1. The number of nitro groups is 1. The zero-order valence-corrected chi connectivity index (χ0v) is 11.7. The zero-order valence-electron chi connectivity index (χ0n) is 11.7. The van der Waals surface area contributed by atoms with Crippen LogP contribution in [0.25, 0.3) is 0 Å². The lowest BCUT2D eigenvalue weighted by Crippen LogP contribution is -2.33. The third-order valence-corrected chi connectivity index (χ3v) is 4.06. The van der Waals surface area contributed by atoms with Crippen molar-refractivity contribution < 1.29 is 14.8 Å². The van der Waals surface area contributed by atoms with E-state index in [1.807, 2.05) is 0 Å². The van der Waals surface area contributed by atoms with Crippen LogP contribution < -0.4 is 0 Å². The third-order valence-electron chi connectivity index (χ3n) is 4.06. The highest BCUT2D eigenvalue weighted by atomic mass is 16.6. The van der Waals surface area contributed by atoms with Crippen LogP contribution in [0, 0.1) is 21.4 Å². The van der Waals surface area contributed by atoms with Gasteiger partial charge in [-0.05, 0) is 36.0 Å². The van der Waals surface area contributed by atoms with Crippen molar-refractivity contribution in [2.45, 2.75) is 39.2 Å². The van der Waals surface area contributed by atoms with Crippen molar-refractivity contribution in [2.24, 2.45) is 11.3 Å². The molecule has 2 rings (SSSR count). The second-order valence-electron chi connectivity index (χ2n) is 6.23. The molecule has 1 aromatic carbocycles. The van der Waals surface area contributed by atoms with Gasteiger partial charge in [0.15, 0.2) is 0 Å². The van der Waals surface area contributed by atoms with Gasteiger partial charge in [0.25, 0.3) is 5.69 Å². The van der Waals surface area contributed by atoms with Crippen LogP contribution in [-0.2, 0) is 4.79 Å². The van der Waals surface area contributed by atoms with E-state index in [0.29, 0.717) is 18.4 Å². The predicted octanol–water partition coefficient (Wildman–Crippen LogP) is 3.02. The minimum Gasteiger partial charge on any atom is -0.388 e. The van der Waals surface area contributed by atoms with Crippen LogP contribution >= 0.6 is 0 Å². The molecule has 0 amide bonds. The summed E-state index contributed by atoms with van der Waals surface area (Å²) in [7, 11) is 0. The second-order valence-corrected chi connectivity index (χ2v) is 6.23. The van der Waals surface area contributed by atoms with Gasteiger partial charge in [-0.15, -0.1) is 0 Å². The average Bonchev–Trinajstić information content (AvgIpc) is 2.41. The Kier molecular flexibility index (Phi) is 3.90. The molecule has 1 saturated carbocycles. The fraction of sp³-hybridized carbons (Fsp3) is 0.533. The summed E-state index contributed by atoms with van der Waals surface area (Å²) in [5.74, 6) is -0.338. The molecule has 5 nitrogen and oxygen atoms in total. The summed E-state index contributed by atoms with van der Waals surface area (Å²) in [6, 6.07) is 5.77. The first-order valence-corrected chi connectivity index (χ1v) is 6.75. The Bertz CT molecular complexity index is 521. The molecular weight excluding hydrogens is 258 g/mol. The molecule has 0 spiro atoms. The summed E-state index contributed by atoms with van der Waals surface area (Å²) in [5, 5.41) is 21.0. The number of carbonyl (C=O) groups is 1. The molecule has 20 heavy (non-hydrogen) atoms. The van der Waals surface area contributed by atoms with E-state index in [2.05, 4.69) is 13.8 Å². The fourth-order valence-electron chi connectivity index (χ4n) is 2.77. The van der Waals surface area contributed by atoms with E-state index in [0.717, 1.165) is 6.42 Å². The van der Waals surface area contributed by atoms with Crippen molar-refractivity contribution in [1.29, 1.82) is 0 Å². The standard InChI is InChI=1S/C15H19NO4/c1-15(2)8-7-13(17)12(9-15)14(18)10-3-5-11(6-4-10)16(19)20/h3-6,12,14,18H,7-9H2,1-2H3/t12-,14+/m1/s1. The van der Waals surface area contributed by atoms with E-state index in [4.69, 9.17) is 0 Å². The topological polar surface area (TPSA) is 80.4 Å². The lowest BCUT2D eigenvalue weighted by molar-refractivity contribution is -0.384. The number of aliphatic hydroxyl groups is 1. The second kappa shape index (κ2) is 5.32. The number of nitrogens with zero attached hydrogens (tertiary/aromatic N) is 1. The Morgan fingerprint density at radius 2 is 1.95 bits per heavy atom. The third kappa shape index (κ3) is 3.04. The number of aliphatic hydroxyl groups excluding tert-OH is 1. The van der Waals surface area contributed by atoms with Gasteiger partial charge in [0.1, 0.15) is 5.78 Å². The van der Waals surface area contributed by atoms with Crippen LogP contribution in [0.3, 0.4) is 0 Å². The van der Waals surface area contributed by atoms with Gasteiger partial charge in [0, 0.05) is 24.5 Å². The number of non-ortho nitro benzene ring substituents is 1. The van der Waals surface area contributed by atoms with Crippen molar-refractivity contribution in [3.63, 3.8) is 0 Å². The quantitative estimate of drug-likeness (QED) is 0.680. The molecule has 0 aromatic heterocycles. The van der Waals surface area contributed by atoms with E-state index in [1.165, 1.54) is 24.3 Å². The van der Waals surface area contributed by atoms with Gasteiger partial charge in [0.05, 0.1) is 11.0 Å². The van der Waals surface area contributed by atoms with Crippen molar-refractivity contribution in [2.75, 3.05) is 0 Å². The summed E-state index contributed by atoms with van der Waals surface area (Å²) in [6.07, 6.45) is 1.09. The molecule has 108 valence electrons. The number of ketones is 1. The summed E-state index contributed by atoms with van der Waals surface area (Å²) in [4.78, 5) is 22.1. The zero-order chi connectivity index (χ0) is 14.9. The summed E-state index contributed by atoms with van der Waals surface area (Å²) < 4.78 is 0. The molecule has 0 bridgehead atoms. The molecule has 1 fully saturated rings. The Morgan fingerprint density at radius 3 is 2.50 bits per heavy atom. The highest BCUT2D eigenvalue weighted by Gasteiger charge is 2.38. The highest BCUT2D eigenvalue weighted by Crippen LogP contribution is 2.41. The van der Waals surface area contributed by atoms with Crippen LogP contribution in [0.2, 0.25) is 0 Å². The Balaban J connectivity index is 2.19. The van der Waals surface area contributed by atoms with Gasteiger partial charge in [-0.1, -0.05) is 13.8 Å². The largest absolute Gasteiger partial charge is 0.388 e. The maximum atomic E-state index is 12.0. The number of benzene rings is 1. The summed E-state index contributed by atoms with van der Waals surface area (Å²) >= 11 is 0. The molecule has 1 aliphatic carbocycles. The normalized spacial score (nSPS) is 23.4. The van der Waals surface area contributed by atoms with Crippen LogP contribution in [0.5, 0.6) is 0 Å². The number of hydrogen-bond acceptors (Lipinski definition) is 4. The SMILES string of the molecule is CC1(C)CCC(=O)[C@H]([C@@H](O)c2ccc([N+](=O)[O-])cc2)C1. The Labute approximate surface area is 117 Å². The number of carbonyl (C=O) groups excluding carboxylic acids is 1. The van der Waals surface area contributed by atoms with Gasteiger partial charge in [-0.2, -0.15) is 0 Å². The smallest absolute Gasteiger partial charge is 0.269 e. The van der Waals surface area contributed by atoms with E-state index in [1.54, 1.807) is 0 Å². The number of nitro benzene ring substituents is 1. The fourth-order valence-corrected chi connectivity index (χ4v) is 2.77. The maximum absolute atomic E-state index is 12.0. The van der Waals surface area contributed by atoms with Crippen LogP contribution in [-0.4, -0.2) is 15.8 Å². The predicted molar refractivity (Wildman–Crippen MR) is 74.2 cm³/mol. The molecule has 0 radical (unpaired) electrons. The molecule has 2 atom stereocenters. The Morgan fingerprint density at radius 1 is 1.35 bits per heavy atom. The Hall–Kier alpha value is -1.75. The summed E-state index contributed by atoms with van der Waals surface area (Å²) in [6.45, 7) is 4.18. The van der Waals surface area contributed by atoms with Crippen LogP contribution in [0.15, 0.2) is 24.3 Å². The van der Waals surface area contributed by atoms with E-state index >= 15 is 0 Å². The highest BCUT2D eigenvalue weighted by molar-refractivity contribution is 5.82. The van der Waals surface area contributed by atoms with Crippen LogP contribution in [0.4, 0.5) is 5.69 Å². The minimum atomic E-state index is -0.886. The monoisotopic (exact) mass is 277 g/mol. The first-order valence-electron chi connectivity index (χ1n) is 6.75. The minimum absolute atomic E-state index is 0.0174. The average molecular weight is 277 g/mol. The van der Waals surface area contributed by atoms with E-state index in [9.17, 15) is 20.0 Å². The molecule has 0 heterocycles. The van der Waals surface area contributed by atoms with Crippen LogP contribution in [0.1, 0.15) is 44.8 Å². The lowest BCUT2D eigenvalue weighted by atomic mass is 9.69. The molecule has 0 unspecified atom stereocenters. The van der Waals surface area contributed by atoms with Gasteiger partial charge < -0.3 is 5.11 Å². The van der Waals surface area contributed by atoms with Crippen molar-refractivity contribution in [1.82, 2.24) is 0 Å². The van der Waals surface area contributed by atoms with Crippen molar-refractivity contribution in [3.8, 4) is 0 Å². The van der Waals surface area contributed by atoms with Crippen molar-refractivity contribution >= 4 is 11.5 Å². The first kappa shape index (κ1) is 14.7. The molecular formula is C15H19NO4.